The molecule has 2 aromatic rings. The van der Waals surface area contributed by atoms with E-state index in [1.807, 2.05) is 31.4 Å². The van der Waals surface area contributed by atoms with E-state index in [-0.39, 0.29) is 37.0 Å². The van der Waals surface area contributed by atoms with Crippen molar-refractivity contribution in [1.82, 2.24) is 20.2 Å². The summed E-state index contributed by atoms with van der Waals surface area (Å²) in [4.78, 5) is 35.6. The number of nitrogens with zero attached hydrogens (tertiary/aromatic N) is 3. The van der Waals surface area contributed by atoms with Crippen molar-refractivity contribution in [3.05, 3.63) is 34.4 Å². The van der Waals surface area contributed by atoms with Crippen LogP contribution in [0.5, 0.6) is 0 Å². The fraction of sp³-hybridized carbons (Fsp3) is 0.524. The second-order valence-electron chi connectivity index (χ2n) is 7.35. The molecule has 0 aliphatic carbocycles. The Hall–Kier alpha value is -2.39. The molecule has 30 heavy (non-hydrogen) atoms. The molecule has 1 aliphatic rings. The fourth-order valence-electron chi connectivity index (χ4n) is 3.58. The van der Waals surface area contributed by atoms with Gasteiger partial charge in [0.1, 0.15) is 18.3 Å². The third-order valence-corrected chi connectivity index (χ3v) is 6.11. The lowest BCUT2D eigenvalue weighted by molar-refractivity contribution is -0.143. The van der Waals surface area contributed by atoms with Gasteiger partial charge in [-0.05, 0) is 38.8 Å². The molecule has 0 saturated carbocycles. The number of alkyl halides is 1. The molecular formula is C21H27FN4O3S. The average molecular weight is 435 g/mol. The Labute approximate surface area is 179 Å². The first-order valence-corrected chi connectivity index (χ1v) is 11.0. The molecule has 0 radical (unpaired) electrons. The highest BCUT2D eigenvalue weighted by Gasteiger charge is 2.35. The Morgan fingerprint density at radius 1 is 1.40 bits per heavy atom. The van der Waals surface area contributed by atoms with Gasteiger partial charge in [-0.1, -0.05) is 0 Å². The van der Waals surface area contributed by atoms with Gasteiger partial charge in [-0.2, -0.15) is 0 Å². The predicted octanol–water partition coefficient (Wildman–Crippen LogP) is 2.74. The number of carbonyl (C=O) groups is 2. The SMILES string of the molecule is Cc1ccc(-c2csc(CNC(=O)[C@H]3CCCN(C(=O)COCCF)[C@H]3C)n2)cn1. The number of amides is 2. The van der Waals surface area contributed by atoms with E-state index >= 15 is 0 Å². The van der Waals surface area contributed by atoms with Crippen LogP contribution in [0, 0.1) is 12.8 Å². The second kappa shape index (κ2) is 10.6. The summed E-state index contributed by atoms with van der Waals surface area (Å²) in [6.07, 6.45) is 3.26. The summed E-state index contributed by atoms with van der Waals surface area (Å²) >= 11 is 1.49. The van der Waals surface area contributed by atoms with Crippen molar-refractivity contribution < 1.29 is 18.7 Å². The summed E-state index contributed by atoms with van der Waals surface area (Å²) in [6.45, 7) is 3.88. The molecule has 0 aromatic carbocycles. The molecule has 7 nitrogen and oxygen atoms in total. The zero-order valence-corrected chi connectivity index (χ0v) is 18.1. The Bertz CT molecular complexity index is 858. The Kier molecular flexibility index (Phi) is 7.87. The molecule has 2 aromatic heterocycles. The van der Waals surface area contributed by atoms with E-state index in [9.17, 15) is 14.0 Å². The Balaban J connectivity index is 1.54. The van der Waals surface area contributed by atoms with Crippen LogP contribution in [0.3, 0.4) is 0 Å². The van der Waals surface area contributed by atoms with Crippen LogP contribution >= 0.6 is 11.3 Å². The number of aromatic nitrogens is 2. The van der Waals surface area contributed by atoms with Crippen molar-refractivity contribution in [1.29, 1.82) is 0 Å². The van der Waals surface area contributed by atoms with E-state index in [0.29, 0.717) is 13.1 Å². The minimum atomic E-state index is -0.618. The molecule has 3 rings (SSSR count). The highest BCUT2D eigenvalue weighted by molar-refractivity contribution is 7.09. The molecule has 2 atom stereocenters. The number of nitrogens with one attached hydrogen (secondary N) is 1. The molecule has 1 aliphatic heterocycles. The van der Waals surface area contributed by atoms with Gasteiger partial charge in [-0.25, -0.2) is 9.37 Å². The number of pyridine rings is 1. The van der Waals surface area contributed by atoms with Crippen LogP contribution in [0.4, 0.5) is 4.39 Å². The van der Waals surface area contributed by atoms with Crippen LogP contribution in [0.1, 0.15) is 30.5 Å². The minimum absolute atomic E-state index is 0.0848. The summed E-state index contributed by atoms with van der Waals surface area (Å²) in [5, 5.41) is 5.73. The molecule has 162 valence electrons. The number of aryl methyl sites for hydroxylation is 1. The van der Waals surface area contributed by atoms with Crippen LogP contribution in [-0.4, -0.2) is 59.2 Å². The molecular weight excluding hydrogens is 407 g/mol. The number of likely N-dealkylation sites (tertiary alicyclic amines) is 1. The van der Waals surface area contributed by atoms with Crippen molar-refractivity contribution in [2.24, 2.45) is 5.92 Å². The lowest BCUT2D eigenvalue weighted by Crippen LogP contribution is -2.52. The Morgan fingerprint density at radius 2 is 2.23 bits per heavy atom. The Morgan fingerprint density at radius 3 is 2.97 bits per heavy atom. The monoisotopic (exact) mass is 434 g/mol. The normalized spacial score (nSPS) is 19.0. The van der Waals surface area contributed by atoms with Crippen LogP contribution in [0.25, 0.3) is 11.3 Å². The summed E-state index contributed by atoms with van der Waals surface area (Å²) < 4.78 is 17.2. The van der Waals surface area contributed by atoms with Gasteiger partial charge in [0.15, 0.2) is 0 Å². The van der Waals surface area contributed by atoms with E-state index in [1.54, 1.807) is 11.1 Å². The van der Waals surface area contributed by atoms with Crippen molar-refractivity contribution in [2.75, 3.05) is 26.4 Å². The third-order valence-electron chi connectivity index (χ3n) is 5.26. The number of halogens is 1. The number of ether oxygens (including phenoxy) is 1. The summed E-state index contributed by atoms with van der Waals surface area (Å²) in [6, 6.07) is 3.69. The molecule has 1 fully saturated rings. The smallest absolute Gasteiger partial charge is 0.248 e. The van der Waals surface area contributed by atoms with Gasteiger partial charge in [0.05, 0.1) is 24.8 Å². The number of carbonyl (C=O) groups excluding carboxylic acids is 2. The van der Waals surface area contributed by atoms with E-state index in [0.717, 1.165) is 34.8 Å². The van der Waals surface area contributed by atoms with Crippen LogP contribution in [0.15, 0.2) is 23.7 Å². The number of thiazole rings is 1. The molecule has 1 saturated heterocycles. The zero-order valence-electron chi connectivity index (χ0n) is 17.3. The van der Waals surface area contributed by atoms with Crippen molar-refractivity contribution in [3.63, 3.8) is 0 Å². The number of rotatable bonds is 8. The first-order valence-electron chi connectivity index (χ1n) is 10.1. The zero-order chi connectivity index (χ0) is 21.5. The van der Waals surface area contributed by atoms with Crippen molar-refractivity contribution in [3.8, 4) is 11.3 Å². The molecule has 9 heteroatoms. The van der Waals surface area contributed by atoms with E-state index in [4.69, 9.17) is 4.74 Å². The van der Waals surface area contributed by atoms with Crippen LogP contribution in [-0.2, 0) is 20.9 Å². The van der Waals surface area contributed by atoms with Gasteiger partial charge in [0, 0.05) is 35.4 Å². The van der Waals surface area contributed by atoms with Gasteiger partial charge >= 0.3 is 0 Å². The fourth-order valence-corrected chi connectivity index (χ4v) is 4.32. The number of piperidine rings is 1. The molecule has 0 spiro atoms. The molecule has 0 unspecified atom stereocenters. The highest BCUT2D eigenvalue weighted by atomic mass is 32.1. The van der Waals surface area contributed by atoms with Gasteiger partial charge < -0.3 is 15.0 Å². The van der Waals surface area contributed by atoms with Crippen molar-refractivity contribution in [2.45, 2.75) is 39.3 Å². The number of hydrogen-bond donors (Lipinski definition) is 1. The largest absolute Gasteiger partial charge is 0.369 e. The van der Waals surface area contributed by atoms with Gasteiger partial charge in [-0.3, -0.25) is 14.6 Å². The maximum atomic E-state index is 12.8. The summed E-state index contributed by atoms with van der Waals surface area (Å²) in [7, 11) is 0. The predicted molar refractivity (Wildman–Crippen MR) is 113 cm³/mol. The first-order chi connectivity index (χ1) is 14.5. The number of hydrogen-bond acceptors (Lipinski definition) is 6. The van der Waals surface area contributed by atoms with Crippen molar-refractivity contribution >= 4 is 23.2 Å². The van der Waals surface area contributed by atoms with E-state index < -0.39 is 6.67 Å². The second-order valence-corrected chi connectivity index (χ2v) is 8.29. The average Bonchev–Trinajstić information content (AvgIpc) is 3.22. The molecule has 2 amide bonds. The van der Waals surface area contributed by atoms with Crippen LogP contribution in [0.2, 0.25) is 0 Å². The third kappa shape index (κ3) is 5.60. The standard InChI is InChI=1S/C21H27FN4O3S/c1-14-5-6-16(10-23-14)18-13-30-19(25-18)11-24-21(28)17-4-3-8-26(15(17)2)20(27)12-29-9-7-22/h5-6,10,13,15,17H,3-4,7-9,11-12H2,1-2H3,(H,24,28)/t15-,17-/m0/s1. The summed E-state index contributed by atoms with van der Waals surface area (Å²) in [5.74, 6) is -0.576. The lowest BCUT2D eigenvalue weighted by Gasteiger charge is -2.38. The lowest BCUT2D eigenvalue weighted by atomic mass is 9.89. The van der Waals surface area contributed by atoms with Gasteiger partial charge in [0.25, 0.3) is 0 Å². The van der Waals surface area contributed by atoms with E-state index in [1.165, 1.54) is 11.3 Å². The molecule has 0 bridgehead atoms. The molecule has 3 heterocycles. The maximum Gasteiger partial charge on any atom is 0.248 e. The molecule has 1 N–H and O–H groups in total. The van der Waals surface area contributed by atoms with Gasteiger partial charge in [-0.15, -0.1) is 11.3 Å². The topological polar surface area (TPSA) is 84.4 Å². The minimum Gasteiger partial charge on any atom is -0.369 e. The van der Waals surface area contributed by atoms with Gasteiger partial charge in [0.2, 0.25) is 11.8 Å². The highest BCUT2D eigenvalue weighted by Crippen LogP contribution is 2.25. The summed E-state index contributed by atoms with van der Waals surface area (Å²) in [5.41, 5.74) is 2.73. The first kappa shape index (κ1) is 22.3. The quantitative estimate of drug-likeness (QED) is 0.646. The van der Waals surface area contributed by atoms with Crippen LogP contribution < -0.4 is 5.32 Å². The van der Waals surface area contributed by atoms with E-state index in [2.05, 4.69) is 15.3 Å². The maximum absolute atomic E-state index is 12.8.